The molecular weight excluding hydrogens is 290 g/mol. The van der Waals surface area contributed by atoms with Gasteiger partial charge in [-0.2, -0.15) is 0 Å². The maximum atomic E-state index is 6.16. The molecule has 0 amide bonds. The summed E-state index contributed by atoms with van der Waals surface area (Å²) in [6.07, 6.45) is 3.06. The largest absolute Gasteiger partial charge is 0.436 e. The summed E-state index contributed by atoms with van der Waals surface area (Å²) in [6.45, 7) is 1.82. The normalized spacial score (nSPS) is 10.6. The van der Waals surface area contributed by atoms with E-state index in [1.165, 1.54) is 6.33 Å². The molecule has 0 atom stereocenters. The molecule has 0 aliphatic carbocycles. The summed E-state index contributed by atoms with van der Waals surface area (Å²) in [5, 5.41) is 1.44. The predicted octanol–water partition coefficient (Wildman–Crippen LogP) is 3.06. The number of nitrogens with zero attached hydrogens (tertiary/aromatic N) is 3. The summed E-state index contributed by atoms with van der Waals surface area (Å²) < 4.78 is 5.85. The van der Waals surface area contributed by atoms with Gasteiger partial charge in [0.2, 0.25) is 5.88 Å². The zero-order valence-electron chi connectivity index (χ0n) is 11.2. The third kappa shape index (κ3) is 2.46. The van der Waals surface area contributed by atoms with Gasteiger partial charge in [0.25, 0.3) is 0 Å². The molecule has 0 bridgehead atoms. The van der Waals surface area contributed by atoms with E-state index in [0.717, 1.165) is 5.39 Å². The number of fused-ring (bicyclic) bond motifs is 1. The van der Waals surface area contributed by atoms with Crippen LogP contribution in [-0.4, -0.2) is 15.0 Å². The van der Waals surface area contributed by atoms with Gasteiger partial charge in [0.05, 0.1) is 10.6 Å². The van der Waals surface area contributed by atoms with E-state index in [1.54, 1.807) is 18.3 Å². The van der Waals surface area contributed by atoms with Crippen molar-refractivity contribution in [2.75, 3.05) is 5.43 Å². The molecule has 0 saturated heterocycles. The third-order valence-corrected chi connectivity index (χ3v) is 3.39. The molecule has 0 aliphatic rings. The number of benzene rings is 1. The van der Waals surface area contributed by atoms with Gasteiger partial charge in [-0.25, -0.2) is 15.8 Å². The molecule has 0 spiro atoms. The Morgan fingerprint density at radius 3 is 2.86 bits per heavy atom. The van der Waals surface area contributed by atoms with Crippen LogP contribution in [0.1, 0.15) is 5.56 Å². The molecule has 3 aromatic rings. The van der Waals surface area contributed by atoms with E-state index in [1.807, 2.05) is 19.1 Å². The van der Waals surface area contributed by atoms with Crippen LogP contribution in [0.3, 0.4) is 0 Å². The maximum absolute atomic E-state index is 6.16. The van der Waals surface area contributed by atoms with Gasteiger partial charge in [0, 0.05) is 11.6 Å². The molecule has 21 heavy (non-hydrogen) atoms. The van der Waals surface area contributed by atoms with Gasteiger partial charge in [-0.05, 0) is 31.2 Å². The predicted molar refractivity (Wildman–Crippen MR) is 81.4 cm³/mol. The Balaban J connectivity index is 2.09. The van der Waals surface area contributed by atoms with Crippen molar-refractivity contribution in [2.45, 2.75) is 6.92 Å². The van der Waals surface area contributed by atoms with Crippen molar-refractivity contribution >= 4 is 28.3 Å². The Hall–Kier alpha value is -2.44. The zero-order chi connectivity index (χ0) is 14.8. The van der Waals surface area contributed by atoms with E-state index in [9.17, 15) is 0 Å². The van der Waals surface area contributed by atoms with Crippen LogP contribution in [0.25, 0.3) is 10.9 Å². The monoisotopic (exact) mass is 301 g/mol. The van der Waals surface area contributed by atoms with E-state index < -0.39 is 0 Å². The van der Waals surface area contributed by atoms with Crippen molar-refractivity contribution in [3.8, 4) is 11.6 Å². The lowest BCUT2D eigenvalue weighted by atomic mass is 10.2. The fraction of sp³-hybridized carbons (Fsp3) is 0.0714. The molecule has 0 aliphatic heterocycles. The van der Waals surface area contributed by atoms with Crippen molar-refractivity contribution in [3.63, 3.8) is 0 Å². The van der Waals surface area contributed by atoms with Crippen LogP contribution in [0.4, 0.5) is 5.82 Å². The van der Waals surface area contributed by atoms with Crippen LogP contribution < -0.4 is 16.0 Å². The van der Waals surface area contributed by atoms with Gasteiger partial charge in [0.15, 0.2) is 5.75 Å². The molecule has 2 aromatic heterocycles. The van der Waals surface area contributed by atoms with E-state index >= 15 is 0 Å². The Bertz CT molecular complexity index is 808. The second-order valence-electron chi connectivity index (χ2n) is 4.34. The van der Waals surface area contributed by atoms with E-state index in [0.29, 0.717) is 33.6 Å². The van der Waals surface area contributed by atoms with Crippen molar-refractivity contribution < 1.29 is 4.74 Å². The van der Waals surface area contributed by atoms with Gasteiger partial charge in [-0.1, -0.05) is 11.6 Å². The first-order valence-electron chi connectivity index (χ1n) is 6.20. The number of nitrogens with two attached hydrogens (primary N) is 1. The van der Waals surface area contributed by atoms with Crippen LogP contribution in [0.5, 0.6) is 11.6 Å². The Kier molecular flexibility index (Phi) is 3.55. The highest BCUT2D eigenvalue weighted by Gasteiger charge is 2.12. The van der Waals surface area contributed by atoms with E-state index in [2.05, 4.69) is 20.4 Å². The smallest absolute Gasteiger partial charge is 0.227 e. The molecule has 2 heterocycles. The fourth-order valence-corrected chi connectivity index (χ4v) is 2.20. The Labute approximate surface area is 125 Å². The minimum Gasteiger partial charge on any atom is -0.436 e. The van der Waals surface area contributed by atoms with Gasteiger partial charge < -0.3 is 10.2 Å². The standard InChI is InChI=1S/C14H12ClN5O/c1-8-13(20-16)18-7-19-14(8)21-11-5-4-10(15)9-3-2-6-17-12(9)11/h2-7H,16H2,1H3,(H,18,19,20). The van der Waals surface area contributed by atoms with Crippen molar-refractivity contribution in [3.05, 3.63) is 47.4 Å². The van der Waals surface area contributed by atoms with E-state index in [4.69, 9.17) is 22.2 Å². The number of ether oxygens (including phenoxy) is 1. The molecule has 6 nitrogen and oxygen atoms in total. The Morgan fingerprint density at radius 2 is 2.05 bits per heavy atom. The average molecular weight is 302 g/mol. The lowest BCUT2D eigenvalue weighted by molar-refractivity contribution is 0.462. The van der Waals surface area contributed by atoms with Crippen LogP contribution >= 0.6 is 11.6 Å². The molecule has 0 fully saturated rings. The number of hydrogen-bond donors (Lipinski definition) is 2. The number of nitrogen functional groups attached to an aromatic ring is 1. The highest BCUT2D eigenvalue weighted by molar-refractivity contribution is 6.35. The second kappa shape index (κ2) is 5.51. The number of halogens is 1. The van der Waals surface area contributed by atoms with Crippen LogP contribution in [0.15, 0.2) is 36.8 Å². The van der Waals surface area contributed by atoms with Crippen LogP contribution in [-0.2, 0) is 0 Å². The number of aromatic nitrogens is 3. The molecular formula is C14H12ClN5O. The second-order valence-corrected chi connectivity index (χ2v) is 4.75. The summed E-state index contributed by atoms with van der Waals surface area (Å²) in [7, 11) is 0. The summed E-state index contributed by atoms with van der Waals surface area (Å²) in [6, 6.07) is 7.23. The number of hydrazine groups is 1. The third-order valence-electron chi connectivity index (χ3n) is 3.06. The van der Waals surface area contributed by atoms with Gasteiger partial charge in [0.1, 0.15) is 17.7 Å². The summed E-state index contributed by atoms with van der Waals surface area (Å²) in [5.41, 5.74) is 3.88. The van der Waals surface area contributed by atoms with Gasteiger partial charge in [-0.15, -0.1) is 0 Å². The quantitative estimate of drug-likeness (QED) is 0.571. The van der Waals surface area contributed by atoms with Crippen LogP contribution in [0, 0.1) is 6.92 Å². The molecule has 1 aromatic carbocycles. The minimum atomic E-state index is 0.409. The molecule has 0 saturated carbocycles. The minimum absolute atomic E-state index is 0.409. The topological polar surface area (TPSA) is 86.0 Å². The fourth-order valence-electron chi connectivity index (χ4n) is 1.98. The number of rotatable bonds is 3. The van der Waals surface area contributed by atoms with E-state index in [-0.39, 0.29) is 0 Å². The summed E-state index contributed by atoms with van der Waals surface area (Å²) >= 11 is 6.16. The first kappa shape index (κ1) is 13.5. The molecule has 3 N–H and O–H groups in total. The first-order chi connectivity index (χ1) is 10.2. The first-order valence-corrected chi connectivity index (χ1v) is 6.58. The maximum Gasteiger partial charge on any atom is 0.227 e. The lowest BCUT2D eigenvalue weighted by Gasteiger charge is -2.11. The molecule has 0 unspecified atom stereocenters. The van der Waals surface area contributed by atoms with Gasteiger partial charge >= 0.3 is 0 Å². The lowest BCUT2D eigenvalue weighted by Crippen LogP contribution is -2.11. The number of hydrogen-bond acceptors (Lipinski definition) is 6. The molecule has 7 heteroatoms. The molecule has 106 valence electrons. The number of pyridine rings is 1. The Morgan fingerprint density at radius 1 is 1.19 bits per heavy atom. The number of nitrogens with one attached hydrogen (secondary N) is 1. The highest BCUT2D eigenvalue weighted by atomic mass is 35.5. The van der Waals surface area contributed by atoms with Crippen molar-refractivity contribution in [1.29, 1.82) is 0 Å². The molecule has 3 rings (SSSR count). The summed E-state index contributed by atoms with van der Waals surface area (Å²) in [4.78, 5) is 12.5. The van der Waals surface area contributed by atoms with Gasteiger partial charge in [-0.3, -0.25) is 4.98 Å². The van der Waals surface area contributed by atoms with Crippen molar-refractivity contribution in [2.24, 2.45) is 5.84 Å². The average Bonchev–Trinajstić information content (AvgIpc) is 2.52. The van der Waals surface area contributed by atoms with Crippen LogP contribution in [0.2, 0.25) is 5.02 Å². The number of anilines is 1. The summed E-state index contributed by atoms with van der Waals surface area (Å²) in [5.74, 6) is 6.88. The molecule has 0 radical (unpaired) electrons. The SMILES string of the molecule is Cc1c(NN)ncnc1Oc1ccc(Cl)c2cccnc12. The zero-order valence-corrected chi connectivity index (χ0v) is 11.9. The highest BCUT2D eigenvalue weighted by Crippen LogP contribution is 2.33. The van der Waals surface area contributed by atoms with Crippen molar-refractivity contribution in [1.82, 2.24) is 15.0 Å².